The molecule has 0 aliphatic carbocycles. The maximum Gasteiger partial charge on any atom is 0.408 e. The van der Waals surface area contributed by atoms with Crippen LogP contribution in [0.25, 0.3) is 0 Å². The quantitative estimate of drug-likeness (QED) is 0.833. The first-order valence-electron chi connectivity index (χ1n) is 7.96. The summed E-state index contributed by atoms with van der Waals surface area (Å²) in [5, 5.41) is 5.40. The number of hydrogen-bond donors (Lipinski definition) is 2. The van der Waals surface area contributed by atoms with Crippen LogP contribution in [0.2, 0.25) is 0 Å². The molecule has 0 aliphatic rings. The first-order chi connectivity index (χ1) is 11.2. The number of nitrogens with one attached hydrogen (secondary N) is 2. The van der Waals surface area contributed by atoms with Crippen LogP contribution in [0.15, 0.2) is 18.3 Å². The van der Waals surface area contributed by atoms with Gasteiger partial charge < -0.3 is 20.1 Å². The number of pyridine rings is 1. The molecular formula is C17H27N3O4. The Morgan fingerprint density at radius 3 is 2.42 bits per heavy atom. The summed E-state index contributed by atoms with van der Waals surface area (Å²) in [6, 6.07) is 2.63. The molecule has 1 heterocycles. The third kappa shape index (κ3) is 6.44. The number of carbonyl (C=O) groups is 2. The molecule has 0 spiro atoms. The number of nitrogens with zero attached hydrogens (tertiary/aromatic N) is 1. The number of aromatic nitrogens is 1. The number of amides is 2. The number of anilines is 1. The second kappa shape index (κ2) is 8.52. The highest BCUT2D eigenvalue weighted by Gasteiger charge is 2.28. The average Bonchev–Trinajstić information content (AvgIpc) is 2.50. The largest absolute Gasteiger partial charge is 0.481 e. The normalized spacial score (nSPS) is 13.6. The minimum absolute atomic E-state index is 0.0521. The van der Waals surface area contributed by atoms with E-state index >= 15 is 0 Å². The van der Waals surface area contributed by atoms with E-state index in [1.54, 1.807) is 32.9 Å². The van der Waals surface area contributed by atoms with Gasteiger partial charge in [0.2, 0.25) is 11.8 Å². The summed E-state index contributed by atoms with van der Waals surface area (Å²) < 4.78 is 10.2. The number of hydrogen-bond acceptors (Lipinski definition) is 5. The predicted molar refractivity (Wildman–Crippen MR) is 92.0 cm³/mol. The Morgan fingerprint density at radius 1 is 1.29 bits per heavy atom. The smallest absolute Gasteiger partial charge is 0.408 e. The molecule has 7 nitrogen and oxygen atoms in total. The zero-order valence-electron chi connectivity index (χ0n) is 15.2. The van der Waals surface area contributed by atoms with Gasteiger partial charge in [0.1, 0.15) is 11.6 Å². The fourth-order valence-corrected chi connectivity index (χ4v) is 1.93. The Hall–Kier alpha value is -2.31. The summed E-state index contributed by atoms with van der Waals surface area (Å²) in [5.41, 5.74) is -0.0967. The SMILES string of the molecule is CCC(C)C(NC(=O)OC(C)(C)C)C(=O)Nc1ccc(OC)nc1. The third-order valence-electron chi connectivity index (χ3n) is 3.38. The molecule has 0 saturated heterocycles. The first-order valence-corrected chi connectivity index (χ1v) is 7.96. The van der Waals surface area contributed by atoms with Gasteiger partial charge in [0.15, 0.2) is 0 Å². The minimum Gasteiger partial charge on any atom is -0.481 e. The lowest BCUT2D eigenvalue weighted by atomic mass is 9.98. The van der Waals surface area contributed by atoms with E-state index in [2.05, 4.69) is 15.6 Å². The lowest BCUT2D eigenvalue weighted by Crippen LogP contribution is -2.49. The molecule has 0 aliphatic heterocycles. The number of ether oxygens (including phenoxy) is 2. The molecule has 0 radical (unpaired) electrons. The Morgan fingerprint density at radius 2 is 1.96 bits per heavy atom. The van der Waals surface area contributed by atoms with E-state index in [1.165, 1.54) is 13.3 Å². The van der Waals surface area contributed by atoms with Crippen molar-refractivity contribution in [1.29, 1.82) is 0 Å². The summed E-state index contributed by atoms with van der Waals surface area (Å²) in [5.74, 6) is 0.0873. The van der Waals surface area contributed by atoms with Crippen LogP contribution in [0, 0.1) is 5.92 Å². The van der Waals surface area contributed by atoms with Crippen LogP contribution in [0.1, 0.15) is 41.0 Å². The third-order valence-corrected chi connectivity index (χ3v) is 3.38. The standard InChI is InChI=1S/C17H27N3O4/c1-7-11(2)14(20-16(22)24-17(3,4)5)15(21)19-12-8-9-13(23-6)18-10-12/h8-11,14H,7H2,1-6H3,(H,19,21)(H,20,22). The molecule has 2 amide bonds. The number of rotatable bonds is 6. The van der Waals surface area contributed by atoms with Gasteiger partial charge in [-0.05, 0) is 32.8 Å². The van der Waals surface area contributed by atoms with Crippen LogP contribution in [0.3, 0.4) is 0 Å². The number of alkyl carbamates (subject to hydrolysis) is 1. The lowest BCUT2D eigenvalue weighted by molar-refractivity contribution is -0.119. The molecule has 0 aromatic carbocycles. The van der Waals surface area contributed by atoms with Crippen molar-refractivity contribution in [2.45, 2.75) is 52.7 Å². The van der Waals surface area contributed by atoms with Crippen LogP contribution in [0.5, 0.6) is 5.88 Å². The minimum atomic E-state index is -0.702. The van der Waals surface area contributed by atoms with Crippen molar-refractivity contribution in [3.05, 3.63) is 18.3 Å². The van der Waals surface area contributed by atoms with Crippen molar-refractivity contribution in [2.75, 3.05) is 12.4 Å². The highest BCUT2D eigenvalue weighted by atomic mass is 16.6. The topological polar surface area (TPSA) is 89.5 Å². The van der Waals surface area contributed by atoms with Crippen molar-refractivity contribution in [3.63, 3.8) is 0 Å². The average molecular weight is 337 g/mol. The van der Waals surface area contributed by atoms with Crippen LogP contribution in [-0.4, -0.2) is 35.7 Å². The molecule has 2 N–H and O–H groups in total. The highest BCUT2D eigenvalue weighted by molar-refractivity contribution is 5.96. The van der Waals surface area contributed by atoms with Gasteiger partial charge in [0.25, 0.3) is 0 Å². The van der Waals surface area contributed by atoms with E-state index in [0.29, 0.717) is 11.6 Å². The zero-order chi connectivity index (χ0) is 18.3. The maximum atomic E-state index is 12.5. The molecule has 134 valence electrons. The highest BCUT2D eigenvalue weighted by Crippen LogP contribution is 2.15. The van der Waals surface area contributed by atoms with Crippen LogP contribution < -0.4 is 15.4 Å². The van der Waals surface area contributed by atoms with Crippen LogP contribution in [0.4, 0.5) is 10.5 Å². The van der Waals surface area contributed by atoms with Gasteiger partial charge in [-0.25, -0.2) is 9.78 Å². The van der Waals surface area contributed by atoms with Crippen LogP contribution >= 0.6 is 0 Å². The Balaban J connectivity index is 2.79. The molecule has 24 heavy (non-hydrogen) atoms. The zero-order valence-corrected chi connectivity index (χ0v) is 15.2. The van der Waals surface area contributed by atoms with Gasteiger partial charge >= 0.3 is 6.09 Å². The molecule has 0 saturated carbocycles. The Kier molecular flexibility index (Phi) is 7.00. The van der Waals surface area contributed by atoms with E-state index in [0.717, 1.165) is 6.42 Å². The number of carbonyl (C=O) groups excluding carboxylic acids is 2. The van der Waals surface area contributed by atoms with E-state index in [1.807, 2.05) is 13.8 Å². The molecule has 1 aromatic heterocycles. The number of methoxy groups -OCH3 is 1. The molecule has 2 unspecified atom stereocenters. The molecule has 1 rings (SSSR count). The van der Waals surface area contributed by atoms with Crippen molar-refractivity contribution in [2.24, 2.45) is 5.92 Å². The van der Waals surface area contributed by atoms with E-state index in [-0.39, 0.29) is 11.8 Å². The van der Waals surface area contributed by atoms with Crippen molar-refractivity contribution >= 4 is 17.7 Å². The van der Waals surface area contributed by atoms with Crippen molar-refractivity contribution in [1.82, 2.24) is 10.3 Å². The molecule has 1 aromatic rings. The van der Waals surface area contributed by atoms with Gasteiger partial charge in [-0.15, -0.1) is 0 Å². The molecular weight excluding hydrogens is 310 g/mol. The summed E-state index contributed by atoms with van der Waals surface area (Å²) in [6.45, 7) is 9.17. The van der Waals surface area contributed by atoms with Crippen LogP contribution in [-0.2, 0) is 9.53 Å². The fraction of sp³-hybridized carbons (Fsp3) is 0.588. The monoisotopic (exact) mass is 337 g/mol. The first kappa shape index (κ1) is 19.7. The van der Waals surface area contributed by atoms with Crippen molar-refractivity contribution in [3.8, 4) is 5.88 Å². The van der Waals surface area contributed by atoms with Gasteiger partial charge in [-0.2, -0.15) is 0 Å². The van der Waals surface area contributed by atoms with Gasteiger partial charge in [-0.1, -0.05) is 20.3 Å². The van der Waals surface area contributed by atoms with E-state index in [4.69, 9.17) is 9.47 Å². The lowest BCUT2D eigenvalue weighted by Gasteiger charge is -2.26. The summed E-state index contributed by atoms with van der Waals surface area (Å²) in [4.78, 5) is 28.6. The van der Waals surface area contributed by atoms with E-state index in [9.17, 15) is 9.59 Å². The molecule has 7 heteroatoms. The van der Waals surface area contributed by atoms with Gasteiger partial charge in [0.05, 0.1) is 19.0 Å². The van der Waals surface area contributed by atoms with Gasteiger partial charge in [0, 0.05) is 6.07 Å². The summed E-state index contributed by atoms with van der Waals surface area (Å²) in [7, 11) is 1.52. The van der Waals surface area contributed by atoms with Crippen molar-refractivity contribution < 1.29 is 19.1 Å². The fourth-order valence-electron chi connectivity index (χ4n) is 1.93. The molecule has 0 bridgehead atoms. The summed E-state index contributed by atoms with van der Waals surface area (Å²) in [6.07, 6.45) is 1.61. The Bertz CT molecular complexity index is 552. The molecule has 2 atom stereocenters. The molecule has 0 fully saturated rings. The second-order valence-corrected chi connectivity index (χ2v) is 6.59. The summed E-state index contributed by atoms with van der Waals surface area (Å²) >= 11 is 0. The predicted octanol–water partition coefficient (Wildman–Crippen LogP) is 2.97. The van der Waals surface area contributed by atoms with Gasteiger partial charge in [-0.3, -0.25) is 4.79 Å². The Labute approximate surface area is 143 Å². The van der Waals surface area contributed by atoms with E-state index < -0.39 is 17.7 Å². The maximum absolute atomic E-state index is 12.5. The second-order valence-electron chi connectivity index (χ2n) is 6.59.